The van der Waals surface area contributed by atoms with Crippen LogP contribution in [-0.4, -0.2) is 204 Å². The van der Waals surface area contributed by atoms with Gasteiger partial charge in [-0.2, -0.15) is 0 Å². The van der Waals surface area contributed by atoms with Gasteiger partial charge in [-0.1, -0.05) is 0 Å². The first-order chi connectivity index (χ1) is 50.7. The van der Waals surface area contributed by atoms with E-state index < -0.39 is 195 Å². The molecule has 5 heterocycles. The van der Waals surface area contributed by atoms with Crippen molar-refractivity contribution in [3.05, 3.63) is 81.9 Å². The van der Waals surface area contributed by atoms with Crippen LogP contribution in [0.15, 0.2) is 48.5 Å². The van der Waals surface area contributed by atoms with Crippen molar-refractivity contribution in [2.24, 2.45) is 23.7 Å². The molecular formula is C72H80O34. The second-order valence-electron chi connectivity index (χ2n) is 25.4. The third-order valence-electron chi connectivity index (χ3n) is 18.8. The van der Waals surface area contributed by atoms with Crippen LogP contribution in [0.1, 0.15) is 113 Å². The molecule has 3 fully saturated rings. The van der Waals surface area contributed by atoms with E-state index in [-0.39, 0.29) is 93.3 Å². The second kappa shape index (κ2) is 32.4. The molecule has 572 valence electrons. The van der Waals surface area contributed by atoms with Crippen molar-refractivity contribution in [3.63, 3.8) is 0 Å². The largest absolute Gasteiger partial charge is 0.493 e. The van der Waals surface area contributed by atoms with Gasteiger partial charge in [0.1, 0.15) is 25.4 Å². The lowest BCUT2D eigenvalue weighted by Crippen LogP contribution is -2.63. The van der Waals surface area contributed by atoms with Crippen molar-refractivity contribution in [1.82, 2.24) is 0 Å². The summed E-state index contributed by atoms with van der Waals surface area (Å²) in [5.41, 5.74) is 1.53. The number of carbonyl (C=O) groups excluding carboxylic acids is 10. The highest BCUT2D eigenvalue weighted by atomic mass is 16.8. The van der Waals surface area contributed by atoms with Crippen LogP contribution in [0.25, 0.3) is 0 Å². The minimum atomic E-state index is -1.95. The monoisotopic (exact) mass is 1490 g/mol. The van der Waals surface area contributed by atoms with Gasteiger partial charge in [-0.25, -0.2) is 0 Å². The summed E-state index contributed by atoms with van der Waals surface area (Å²) in [7, 11) is 8.29. The highest BCUT2D eigenvalue weighted by molar-refractivity contribution is 5.80. The summed E-state index contributed by atoms with van der Waals surface area (Å²) in [6.45, 7) is 4.91. The maximum Gasteiger partial charge on any atom is 0.310 e. The first-order valence-corrected chi connectivity index (χ1v) is 33.4. The third-order valence-corrected chi connectivity index (χ3v) is 18.8. The fraction of sp³-hybridized carbons (Fsp3) is 0.528. The molecule has 7 aliphatic rings. The van der Waals surface area contributed by atoms with Gasteiger partial charge in [0.05, 0.1) is 79.9 Å². The van der Waals surface area contributed by atoms with Gasteiger partial charge in [-0.15, -0.1) is 0 Å². The van der Waals surface area contributed by atoms with Crippen LogP contribution in [-0.2, 0) is 114 Å². The summed E-state index contributed by atoms with van der Waals surface area (Å²) < 4.78 is 146. The Bertz CT molecular complexity index is 3750. The van der Waals surface area contributed by atoms with E-state index in [0.717, 1.165) is 55.4 Å². The highest BCUT2D eigenvalue weighted by Crippen LogP contribution is 2.60. The summed E-state index contributed by atoms with van der Waals surface area (Å²) in [6, 6.07) is 12.7. The Labute approximate surface area is 605 Å². The van der Waals surface area contributed by atoms with Gasteiger partial charge in [0, 0.05) is 79.1 Å². The second-order valence-corrected chi connectivity index (χ2v) is 25.4. The van der Waals surface area contributed by atoms with E-state index in [9.17, 15) is 38.4 Å². The van der Waals surface area contributed by atoms with Crippen molar-refractivity contribution in [2.45, 2.75) is 141 Å². The molecule has 0 unspecified atom stereocenters. The molecule has 106 heavy (non-hydrogen) atoms. The Kier molecular flexibility index (Phi) is 23.4. The molecule has 0 aromatic heterocycles. The molecular weight excluding hydrogens is 1410 g/mol. The van der Waals surface area contributed by atoms with E-state index in [4.69, 9.17) is 114 Å². The van der Waals surface area contributed by atoms with Crippen LogP contribution in [0.4, 0.5) is 0 Å². The minimum absolute atomic E-state index is 0.121. The van der Waals surface area contributed by atoms with Gasteiger partial charge in [0.25, 0.3) is 0 Å². The maximum absolute atomic E-state index is 16.8. The standard InChI is InChI=1S/C72H80O34/c1-29(73)89-25-53-63(97-31(3)75)65(99-33(5)77)67(101-35(7)79)71(103-53)105-59-41-21-47-45(93-27-95-47)19-39(41)55(37-15-49(83-9)61(87-13)50(16-37)84-10)57-43(59)23-91-70(82)58-44(24-92-69(57)81)60(106-72-68(102-36(8)80)66(100-34(6)78)64(98-32(4)76)54(104-72)26-90-30(2)74)42-22-48-46(94-28-96-48)20-40(42)56(58)38-17-51(85-11)62(88-14)52(18-38)86-12/h15-22,43-44,53-60,63-68,71-72H,23-28H2,1-14H3/t43-,44-,53+,54+,55+,56+,57+,58+,59-,60-,63+,64+,65-,66-,67+,68+,71-,72-/m0/s1. The molecule has 34 heteroatoms. The van der Waals surface area contributed by atoms with Gasteiger partial charge in [-0.05, 0) is 81.9 Å². The molecule has 4 aromatic rings. The predicted molar refractivity (Wildman–Crippen MR) is 348 cm³/mol. The molecule has 3 saturated heterocycles. The molecule has 4 aromatic carbocycles. The molecule has 0 amide bonds. The molecule has 0 bridgehead atoms. The highest BCUT2D eigenvalue weighted by Gasteiger charge is 2.61. The van der Waals surface area contributed by atoms with E-state index in [1.807, 2.05) is 0 Å². The number of fused-ring (bicyclic) bond motifs is 6. The number of ether oxygens (including phenoxy) is 24. The Hall–Kier alpha value is -10.6. The lowest BCUT2D eigenvalue weighted by atomic mass is 9.64. The molecule has 0 saturated carbocycles. The zero-order chi connectivity index (χ0) is 76.3. The van der Waals surface area contributed by atoms with Crippen molar-refractivity contribution in [2.75, 3.05) is 82.7 Å². The van der Waals surface area contributed by atoms with E-state index in [1.165, 1.54) is 42.7 Å². The summed E-state index contributed by atoms with van der Waals surface area (Å²) in [5, 5.41) is 0. The van der Waals surface area contributed by atoms with Gasteiger partial charge in [0.2, 0.25) is 25.1 Å². The molecule has 0 spiro atoms. The van der Waals surface area contributed by atoms with Crippen LogP contribution in [0.2, 0.25) is 0 Å². The van der Waals surface area contributed by atoms with Crippen LogP contribution < -0.4 is 47.4 Å². The molecule has 0 N–H and O–H groups in total. The number of rotatable bonds is 22. The van der Waals surface area contributed by atoms with E-state index >= 15 is 9.59 Å². The lowest BCUT2D eigenvalue weighted by molar-refractivity contribution is -0.325. The van der Waals surface area contributed by atoms with Crippen molar-refractivity contribution in [3.8, 4) is 57.5 Å². The zero-order valence-corrected chi connectivity index (χ0v) is 60.1. The zero-order valence-electron chi connectivity index (χ0n) is 60.1. The van der Waals surface area contributed by atoms with Crippen LogP contribution >= 0.6 is 0 Å². The van der Waals surface area contributed by atoms with Crippen molar-refractivity contribution >= 4 is 59.7 Å². The SMILES string of the molecule is COc1cc([C@@H]2c3cc4c(cc3[C@H](O[C@@H]3O[C@H](COC(C)=O)[C@@H](OC(C)=O)[C@H](OC(C)=O)[C@H]3OC(C)=O)[C@H]3COC(=O)[C@H]5[C@H](c6cc(OC)c(OC)c(OC)c6)c6cc7c(cc6[C@H](O[C@@H]6O[C@H](COC(C)=O)[C@@H](OC(C)=O)[C@H](OC(C)=O)[C@H]6OC(C)=O)[C@H]5COC(=O)[C@@H]23)OCO7)OCO4)cc(OC)c1OC. The van der Waals surface area contributed by atoms with E-state index in [0.29, 0.717) is 11.1 Å². The molecule has 0 radical (unpaired) electrons. The predicted octanol–water partition coefficient (Wildman–Crippen LogP) is 5.03. The Morgan fingerprint density at radius 1 is 0.358 bits per heavy atom. The Balaban J connectivity index is 1.15. The first kappa shape index (κ1) is 76.5. The van der Waals surface area contributed by atoms with Gasteiger partial charge in [0.15, 0.2) is 95.2 Å². The smallest absolute Gasteiger partial charge is 0.310 e. The average molecular weight is 1490 g/mol. The number of carbonyl (C=O) groups is 10. The topological polar surface area (TPSA) is 392 Å². The number of methoxy groups -OCH3 is 6. The van der Waals surface area contributed by atoms with Gasteiger partial charge < -0.3 is 114 Å². The van der Waals surface area contributed by atoms with Gasteiger partial charge >= 0.3 is 59.7 Å². The van der Waals surface area contributed by atoms with Crippen molar-refractivity contribution < 1.29 is 162 Å². The van der Waals surface area contributed by atoms with Crippen LogP contribution in [0.3, 0.4) is 0 Å². The van der Waals surface area contributed by atoms with Crippen molar-refractivity contribution in [1.29, 1.82) is 0 Å². The molecule has 11 rings (SSSR count). The molecule has 18 atom stereocenters. The summed E-state index contributed by atoms with van der Waals surface area (Å²) >= 11 is 0. The number of esters is 10. The summed E-state index contributed by atoms with van der Waals surface area (Å²) in [6.07, 6.45) is -20.8. The summed E-state index contributed by atoms with van der Waals surface area (Å²) in [5.74, 6) is -16.7. The lowest BCUT2D eigenvalue weighted by Gasteiger charge is -2.49. The normalized spacial score (nSPS) is 28.1. The number of hydrogen-bond acceptors (Lipinski definition) is 34. The van der Waals surface area contributed by atoms with E-state index in [1.54, 1.807) is 48.5 Å². The average Bonchev–Trinajstić information content (AvgIpc) is 0.969. The minimum Gasteiger partial charge on any atom is -0.493 e. The maximum atomic E-state index is 16.8. The number of hydrogen-bond donors (Lipinski definition) is 0. The molecule has 34 nitrogen and oxygen atoms in total. The van der Waals surface area contributed by atoms with Gasteiger partial charge in [-0.3, -0.25) is 47.9 Å². The quantitative estimate of drug-likeness (QED) is 0.0735. The van der Waals surface area contributed by atoms with Crippen LogP contribution in [0, 0.1) is 23.7 Å². The Morgan fingerprint density at radius 2 is 0.651 bits per heavy atom. The Morgan fingerprint density at radius 3 is 0.934 bits per heavy atom. The van der Waals surface area contributed by atoms with E-state index in [2.05, 4.69) is 0 Å². The number of benzene rings is 4. The van der Waals surface area contributed by atoms with Crippen LogP contribution in [0.5, 0.6) is 57.5 Å². The first-order valence-electron chi connectivity index (χ1n) is 33.4. The fourth-order valence-electron chi connectivity index (χ4n) is 14.8. The number of cyclic esters (lactones) is 2. The fourth-order valence-corrected chi connectivity index (χ4v) is 14.8. The third kappa shape index (κ3) is 15.7. The summed E-state index contributed by atoms with van der Waals surface area (Å²) in [4.78, 5) is 138. The molecule has 2 aliphatic carbocycles. The molecule has 5 aliphatic heterocycles.